The Balaban J connectivity index is 1.56. The summed E-state index contributed by atoms with van der Waals surface area (Å²) in [4.78, 5) is 18.8. The van der Waals surface area contributed by atoms with E-state index in [0.717, 1.165) is 31.2 Å². The molecule has 0 spiro atoms. The first-order valence-electron chi connectivity index (χ1n) is 9.12. The number of carbonyl (C=O) groups excluding carboxylic acids is 1. The summed E-state index contributed by atoms with van der Waals surface area (Å²) in [6.45, 7) is 4.01. The smallest absolute Gasteiger partial charge is 0.222 e. The number of nitrogens with one attached hydrogen (secondary N) is 2. The second kappa shape index (κ2) is 8.07. The molecule has 2 aliphatic heterocycles. The Kier molecular flexibility index (Phi) is 5.80. The summed E-state index contributed by atoms with van der Waals surface area (Å²) in [5.74, 6) is 0.853. The third-order valence-electron chi connectivity index (χ3n) is 4.68. The number of sulfone groups is 1. The number of nitrogens with zero attached hydrogens (tertiary/aromatic N) is 2. The van der Waals surface area contributed by atoms with E-state index in [1.54, 1.807) is 0 Å². The largest absolute Gasteiger partial charge is 0.356 e. The Morgan fingerprint density at radius 3 is 2.88 bits per heavy atom. The summed E-state index contributed by atoms with van der Waals surface area (Å²) < 4.78 is 22.9. The number of carbonyl (C=O) groups is 1. The van der Waals surface area contributed by atoms with Gasteiger partial charge >= 0.3 is 0 Å². The predicted octanol–water partition coefficient (Wildman–Crippen LogP) is 0.708. The van der Waals surface area contributed by atoms with Crippen LogP contribution in [0.25, 0.3) is 0 Å². The van der Waals surface area contributed by atoms with Gasteiger partial charge in [-0.05, 0) is 31.4 Å². The highest BCUT2D eigenvalue weighted by Crippen LogP contribution is 2.27. The van der Waals surface area contributed by atoms with Crippen molar-refractivity contribution in [3.8, 4) is 0 Å². The molecule has 1 unspecified atom stereocenters. The number of guanidine groups is 1. The number of para-hydroxylation sites is 1. The van der Waals surface area contributed by atoms with Gasteiger partial charge in [-0.2, -0.15) is 0 Å². The molecule has 0 bridgehead atoms. The van der Waals surface area contributed by atoms with Crippen LogP contribution in [-0.2, 0) is 21.1 Å². The minimum atomic E-state index is -2.98. The molecule has 26 heavy (non-hydrogen) atoms. The van der Waals surface area contributed by atoms with Gasteiger partial charge in [0, 0.05) is 31.2 Å². The first kappa shape index (κ1) is 18.7. The van der Waals surface area contributed by atoms with Crippen LogP contribution in [0, 0.1) is 0 Å². The number of hydrogen-bond acceptors (Lipinski definition) is 4. The Bertz CT molecular complexity index is 791. The molecule has 1 fully saturated rings. The lowest BCUT2D eigenvalue weighted by Crippen LogP contribution is -2.41. The summed E-state index contributed by atoms with van der Waals surface area (Å²) >= 11 is 0. The van der Waals surface area contributed by atoms with E-state index in [1.165, 1.54) is 5.56 Å². The van der Waals surface area contributed by atoms with Gasteiger partial charge in [0.15, 0.2) is 15.8 Å². The molecule has 142 valence electrons. The second-order valence-electron chi connectivity index (χ2n) is 6.68. The lowest BCUT2D eigenvalue weighted by molar-refractivity contribution is -0.121. The average molecular weight is 378 g/mol. The van der Waals surface area contributed by atoms with E-state index in [2.05, 4.69) is 32.7 Å². The number of fused-ring (bicyclic) bond motifs is 1. The van der Waals surface area contributed by atoms with Gasteiger partial charge < -0.3 is 15.5 Å². The lowest BCUT2D eigenvalue weighted by atomic mass is 10.2. The molecule has 8 heteroatoms. The third kappa shape index (κ3) is 4.55. The van der Waals surface area contributed by atoms with E-state index in [-0.39, 0.29) is 29.9 Å². The molecule has 2 aliphatic rings. The Morgan fingerprint density at radius 2 is 2.15 bits per heavy atom. The molecule has 7 nitrogen and oxygen atoms in total. The minimum Gasteiger partial charge on any atom is -0.356 e. The predicted molar refractivity (Wildman–Crippen MR) is 103 cm³/mol. The molecule has 1 amide bonds. The van der Waals surface area contributed by atoms with Gasteiger partial charge in [0.25, 0.3) is 0 Å². The van der Waals surface area contributed by atoms with Crippen LogP contribution in [0.5, 0.6) is 0 Å². The van der Waals surface area contributed by atoms with Gasteiger partial charge in [-0.1, -0.05) is 18.2 Å². The van der Waals surface area contributed by atoms with Crippen molar-refractivity contribution in [1.82, 2.24) is 10.6 Å². The van der Waals surface area contributed by atoms with E-state index >= 15 is 0 Å². The fourth-order valence-corrected chi connectivity index (χ4v) is 5.10. The summed E-state index contributed by atoms with van der Waals surface area (Å²) in [6, 6.07) is 8.02. The number of anilines is 1. The first-order chi connectivity index (χ1) is 12.5. The number of aliphatic imine (C=N–C) groups is 1. The van der Waals surface area contributed by atoms with Crippen molar-refractivity contribution in [2.24, 2.45) is 4.99 Å². The zero-order chi connectivity index (χ0) is 18.6. The van der Waals surface area contributed by atoms with Gasteiger partial charge in [-0.15, -0.1) is 0 Å². The first-order valence-corrected chi connectivity index (χ1v) is 10.9. The van der Waals surface area contributed by atoms with E-state index in [4.69, 9.17) is 0 Å². The maximum atomic E-state index is 12.1. The summed E-state index contributed by atoms with van der Waals surface area (Å²) in [5, 5.41) is 6.09. The van der Waals surface area contributed by atoms with Crippen LogP contribution in [0.1, 0.15) is 25.3 Å². The van der Waals surface area contributed by atoms with Crippen molar-refractivity contribution in [2.75, 3.05) is 36.0 Å². The van der Waals surface area contributed by atoms with Crippen molar-refractivity contribution < 1.29 is 13.2 Å². The Morgan fingerprint density at radius 1 is 1.35 bits per heavy atom. The molecule has 1 saturated heterocycles. The molecule has 2 heterocycles. The van der Waals surface area contributed by atoms with Crippen molar-refractivity contribution in [2.45, 2.75) is 32.2 Å². The minimum absolute atomic E-state index is 0.0508. The Hall–Kier alpha value is -2.09. The van der Waals surface area contributed by atoms with Crippen LogP contribution in [0.2, 0.25) is 0 Å². The maximum absolute atomic E-state index is 12.1. The quantitative estimate of drug-likeness (QED) is 0.582. The fourth-order valence-electron chi connectivity index (χ4n) is 3.43. The fraction of sp³-hybridized carbons (Fsp3) is 0.556. The molecular formula is C18H26N4O3S. The van der Waals surface area contributed by atoms with Crippen molar-refractivity contribution in [3.05, 3.63) is 29.8 Å². The molecule has 0 aliphatic carbocycles. The van der Waals surface area contributed by atoms with E-state index in [9.17, 15) is 13.2 Å². The molecule has 2 N–H and O–H groups in total. The summed E-state index contributed by atoms with van der Waals surface area (Å²) in [7, 11) is -2.98. The van der Waals surface area contributed by atoms with Gasteiger partial charge in [0.2, 0.25) is 5.91 Å². The van der Waals surface area contributed by atoms with Crippen molar-refractivity contribution >= 4 is 27.4 Å². The number of rotatable bonds is 5. The molecule has 0 radical (unpaired) electrons. The van der Waals surface area contributed by atoms with E-state index < -0.39 is 9.84 Å². The number of hydrogen-bond donors (Lipinski definition) is 2. The topological polar surface area (TPSA) is 90.9 Å². The average Bonchev–Trinajstić information content (AvgIpc) is 3.17. The van der Waals surface area contributed by atoms with E-state index in [1.807, 2.05) is 19.1 Å². The summed E-state index contributed by atoms with van der Waals surface area (Å²) in [5.41, 5.74) is 2.46. The van der Waals surface area contributed by atoms with Gasteiger partial charge in [0.1, 0.15) is 0 Å². The molecular weight excluding hydrogens is 352 g/mol. The number of benzene rings is 1. The van der Waals surface area contributed by atoms with Crippen LogP contribution in [0.3, 0.4) is 0 Å². The lowest BCUT2D eigenvalue weighted by Gasteiger charge is -2.22. The highest BCUT2D eigenvalue weighted by atomic mass is 32.2. The van der Waals surface area contributed by atoms with Crippen LogP contribution >= 0.6 is 0 Å². The van der Waals surface area contributed by atoms with Crippen LogP contribution < -0.4 is 15.5 Å². The van der Waals surface area contributed by atoms with Crippen molar-refractivity contribution in [3.63, 3.8) is 0 Å². The van der Waals surface area contributed by atoms with Crippen molar-refractivity contribution in [1.29, 1.82) is 0 Å². The highest BCUT2D eigenvalue weighted by Gasteiger charge is 2.28. The molecule has 1 aromatic rings. The molecule has 0 saturated carbocycles. The maximum Gasteiger partial charge on any atom is 0.222 e. The SMILES string of the molecule is CCNC(=NCCC(=O)NC1CCS(=O)(=O)C1)N1CCc2ccccc21. The Labute approximate surface area is 154 Å². The standard InChI is InChI=1S/C18H26N4O3S/c1-2-19-18(22-11-8-14-5-3-4-6-16(14)22)20-10-7-17(23)21-15-9-12-26(24,25)13-15/h3-6,15H,2,7-13H2,1H3,(H,19,20)(H,21,23). The third-order valence-corrected chi connectivity index (χ3v) is 6.44. The van der Waals surface area contributed by atoms with E-state index in [0.29, 0.717) is 13.0 Å². The second-order valence-corrected chi connectivity index (χ2v) is 8.91. The van der Waals surface area contributed by atoms with Gasteiger partial charge in [-0.3, -0.25) is 9.79 Å². The molecule has 3 rings (SSSR count). The normalized spacial score (nSPS) is 21.5. The zero-order valence-corrected chi connectivity index (χ0v) is 15.9. The van der Waals surface area contributed by atoms with Gasteiger partial charge in [0.05, 0.1) is 18.1 Å². The number of amides is 1. The van der Waals surface area contributed by atoms with Crippen LogP contribution in [0.15, 0.2) is 29.3 Å². The molecule has 1 aromatic carbocycles. The molecule has 1 atom stereocenters. The summed E-state index contributed by atoms with van der Waals surface area (Å²) in [6.07, 6.45) is 1.74. The zero-order valence-electron chi connectivity index (χ0n) is 15.1. The van der Waals surface area contributed by atoms with Crippen LogP contribution in [-0.4, -0.2) is 57.5 Å². The van der Waals surface area contributed by atoms with Gasteiger partial charge in [-0.25, -0.2) is 8.42 Å². The van der Waals surface area contributed by atoms with Crippen LogP contribution in [0.4, 0.5) is 5.69 Å². The monoisotopic (exact) mass is 378 g/mol. The highest BCUT2D eigenvalue weighted by molar-refractivity contribution is 7.91. The molecule has 0 aromatic heterocycles.